The van der Waals surface area contributed by atoms with Crippen molar-refractivity contribution in [3.05, 3.63) is 65.5 Å². The SMILES string of the molecule is CCCCC[C@H]1CC[C@H](c2ccc3c(F)c(-c4cc(F)c(OC(F)(F)F)c(F)c4)ccc3c2)CC1. The Morgan fingerprint density at radius 3 is 2.17 bits per heavy atom. The van der Waals surface area contributed by atoms with E-state index in [-0.39, 0.29) is 16.5 Å². The van der Waals surface area contributed by atoms with E-state index in [1.54, 1.807) is 12.1 Å². The Morgan fingerprint density at radius 2 is 1.54 bits per heavy atom. The molecule has 0 radical (unpaired) electrons. The van der Waals surface area contributed by atoms with Gasteiger partial charge in [-0.15, -0.1) is 13.2 Å². The van der Waals surface area contributed by atoms with Crippen LogP contribution in [0.1, 0.15) is 69.8 Å². The molecule has 1 aliphatic carbocycles. The van der Waals surface area contributed by atoms with Gasteiger partial charge in [0.2, 0.25) is 5.75 Å². The van der Waals surface area contributed by atoms with E-state index in [0.29, 0.717) is 23.4 Å². The molecule has 1 saturated carbocycles. The van der Waals surface area contributed by atoms with Gasteiger partial charge in [0, 0.05) is 10.9 Å². The van der Waals surface area contributed by atoms with E-state index in [2.05, 4.69) is 11.7 Å². The highest BCUT2D eigenvalue weighted by molar-refractivity contribution is 5.89. The summed E-state index contributed by atoms with van der Waals surface area (Å²) >= 11 is 0. The Hall–Kier alpha value is -2.70. The minimum Gasteiger partial charge on any atom is -0.399 e. The molecule has 0 amide bonds. The molecule has 1 nitrogen and oxygen atoms in total. The molecule has 4 rings (SSSR count). The molecule has 0 atom stereocenters. The monoisotopic (exact) mass is 494 g/mol. The van der Waals surface area contributed by atoms with E-state index in [0.717, 1.165) is 24.3 Å². The quantitative estimate of drug-likeness (QED) is 0.235. The van der Waals surface area contributed by atoms with Crippen LogP contribution in [0.4, 0.5) is 26.3 Å². The predicted octanol–water partition coefficient (Wildman–Crippen LogP) is 9.68. The zero-order valence-electron chi connectivity index (χ0n) is 19.5. The molecule has 0 unspecified atom stereocenters. The van der Waals surface area contributed by atoms with Gasteiger partial charge in [-0.1, -0.05) is 62.9 Å². The van der Waals surface area contributed by atoms with Gasteiger partial charge in [0.15, 0.2) is 11.6 Å². The maximum absolute atomic E-state index is 15.3. The van der Waals surface area contributed by atoms with Crippen molar-refractivity contribution < 1.29 is 31.1 Å². The van der Waals surface area contributed by atoms with Gasteiger partial charge in [-0.05, 0) is 66.2 Å². The molecule has 3 aromatic carbocycles. The standard InChI is InChI=1S/C28H28F6O/c1-2-3-4-5-17-6-8-18(9-7-17)19-10-12-22-20(14-19)11-13-23(26(22)31)21-15-24(29)27(25(30)16-21)35-28(32,33)34/h10-18H,2-9H2,1H3/t17-,18-. The lowest BCUT2D eigenvalue weighted by molar-refractivity contribution is -0.276. The molecule has 0 heterocycles. The number of hydrogen-bond donors (Lipinski definition) is 0. The summed E-state index contributed by atoms with van der Waals surface area (Å²) < 4.78 is 84.2. The van der Waals surface area contributed by atoms with E-state index in [1.165, 1.54) is 44.6 Å². The van der Waals surface area contributed by atoms with Crippen molar-refractivity contribution in [2.24, 2.45) is 5.92 Å². The Bertz CT molecular complexity index is 1160. The predicted molar refractivity (Wildman–Crippen MR) is 125 cm³/mol. The second kappa shape index (κ2) is 10.5. The van der Waals surface area contributed by atoms with Crippen LogP contribution >= 0.6 is 0 Å². The van der Waals surface area contributed by atoms with Crippen LogP contribution in [-0.2, 0) is 0 Å². The third-order valence-corrected chi connectivity index (χ3v) is 7.04. The molecule has 35 heavy (non-hydrogen) atoms. The summed E-state index contributed by atoms with van der Waals surface area (Å²) in [6.07, 6.45) is 4.45. The lowest BCUT2D eigenvalue weighted by atomic mass is 9.76. The van der Waals surface area contributed by atoms with Crippen molar-refractivity contribution in [1.82, 2.24) is 0 Å². The summed E-state index contributed by atoms with van der Waals surface area (Å²) in [6.45, 7) is 2.21. The Balaban J connectivity index is 1.54. The third kappa shape index (κ3) is 5.93. The highest BCUT2D eigenvalue weighted by atomic mass is 19.4. The van der Waals surface area contributed by atoms with Gasteiger partial charge in [0.05, 0.1) is 0 Å². The molecule has 0 N–H and O–H groups in total. The maximum Gasteiger partial charge on any atom is 0.573 e. The molecule has 0 aliphatic heterocycles. The van der Waals surface area contributed by atoms with Crippen molar-refractivity contribution in [1.29, 1.82) is 0 Å². The Labute approximate surface area is 201 Å². The van der Waals surface area contributed by atoms with Gasteiger partial charge in [-0.2, -0.15) is 0 Å². The lowest BCUT2D eigenvalue weighted by Crippen LogP contribution is -2.19. The van der Waals surface area contributed by atoms with Gasteiger partial charge in [0.25, 0.3) is 0 Å². The van der Waals surface area contributed by atoms with Crippen LogP contribution in [0.25, 0.3) is 21.9 Å². The number of benzene rings is 3. The molecular formula is C28H28F6O. The zero-order chi connectivity index (χ0) is 25.2. The summed E-state index contributed by atoms with van der Waals surface area (Å²) in [7, 11) is 0. The smallest absolute Gasteiger partial charge is 0.399 e. The summed E-state index contributed by atoms with van der Waals surface area (Å²) in [4.78, 5) is 0. The van der Waals surface area contributed by atoms with Crippen molar-refractivity contribution in [3.8, 4) is 16.9 Å². The highest BCUT2D eigenvalue weighted by Crippen LogP contribution is 2.40. The van der Waals surface area contributed by atoms with Crippen molar-refractivity contribution in [3.63, 3.8) is 0 Å². The number of unbranched alkanes of at least 4 members (excludes halogenated alkanes) is 2. The fourth-order valence-electron chi connectivity index (χ4n) is 5.18. The fraction of sp³-hybridized carbons (Fsp3) is 0.429. The minimum absolute atomic E-state index is 0.103. The number of fused-ring (bicyclic) bond motifs is 1. The second-order valence-corrected chi connectivity index (χ2v) is 9.44. The Morgan fingerprint density at radius 1 is 0.857 bits per heavy atom. The normalized spacial score (nSPS) is 18.7. The first-order chi connectivity index (χ1) is 16.7. The zero-order valence-corrected chi connectivity index (χ0v) is 19.5. The van der Waals surface area contributed by atoms with Crippen LogP contribution in [0.5, 0.6) is 5.75 Å². The van der Waals surface area contributed by atoms with E-state index in [9.17, 15) is 22.0 Å². The Kier molecular flexibility index (Phi) is 7.62. The molecule has 7 heteroatoms. The fourth-order valence-corrected chi connectivity index (χ4v) is 5.18. The van der Waals surface area contributed by atoms with Crippen LogP contribution in [0.3, 0.4) is 0 Å². The summed E-state index contributed by atoms with van der Waals surface area (Å²) in [5.41, 5.74) is 0.844. The number of halogens is 6. The van der Waals surface area contributed by atoms with E-state index < -0.39 is 29.6 Å². The van der Waals surface area contributed by atoms with Crippen LogP contribution < -0.4 is 4.74 Å². The minimum atomic E-state index is -5.25. The van der Waals surface area contributed by atoms with Crippen LogP contribution in [0, 0.1) is 23.4 Å². The molecule has 1 aliphatic rings. The van der Waals surface area contributed by atoms with Crippen LogP contribution in [-0.4, -0.2) is 6.36 Å². The molecular weight excluding hydrogens is 466 g/mol. The second-order valence-electron chi connectivity index (χ2n) is 9.44. The first-order valence-electron chi connectivity index (χ1n) is 12.1. The van der Waals surface area contributed by atoms with E-state index in [4.69, 9.17) is 0 Å². The number of rotatable bonds is 7. The molecule has 3 aromatic rings. The lowest BCUT2D eigenvalue weighted by Gasteiger charge is -2.29. The number of hydrogen-bond acceptors (Lipinski definition) is 1. The van der Waals surface area contributed by atoms with Crippen LogP contribution in [0.15, 0.2) is 42.5 Å². The first-order valence-corrected chi connectivity index (χ1v) is 12.1. The summed E-state index contributed by atoms with van der Waals surface area (Å²) in [5, 5.41) is 0.961. The maximum atomic E-state index is 15.3. The van der Waals surface area contributed by atoms with Gasteiger partial charge in [0.1, 0.15) is 5.82 Å². The molecule has 188 valence electrons. The van der Waals surface area contributed by atoms with Gasteiger partial charge >= 0.3 is 6.36 Å². The van der Waals surface area contributed by atoms with Crippen LogP contribution in [0.2, 0.25) is 0 Å². The molecule has 1 fully saturated rings. The largest absolute Gasteiger partial charge is 0.573 e. The number of ether oxygens (including phenoxy) is 1. The molecule has 0 aromatic heterocycles. The molecule has 0 bridgehead atoms. The first kappa shape index (κ1) is 25.4. The molecule has 0 saturated heterocycles. The average Bonchev–Trinajstić information content (AvgIpc) is 2.81. The van der Waals surface area contributed by atoms with Crippen molar-refractivity contribution in [2.45, 2.75) is 70.6 Å². The van der Waals surface area contributed by atoms with Gasteiger partial charge < -0.3 is 4.74 Å². The van der Waals surface area contributed by atoms with Crippen molar-refractivity contribution >= 4 is 10.8 Å². The number of alkyl halides is 3. The average molecular weight is 495 g/mol. The molecule has 0 spiro atoms. The van der Waals surface area contributed by atoms with E-state index >= 15 is 4.39 Å². The van der Waals surface area contributed by atoms with E-state index in [1.807, 2.05) is 12.1 Å². The van der Waals surface area contributed by atoms with Crippen molar-refractivity contribution in [2.75, 3.05) is 0 Å². The highest BCUT2D eigenvalue weighted by Gasteiger charge is 2.34. The van der Waals surface area contributed by atoms with Gasteiger partial charge in [-0.25, -0.2) is 13.2 Å². The summed E-state index contributed by atoms with van der Waals surface area (Å²) in [6, 6.07) is 9.88. The summed E-state index contributed by atoms with van der Waals surface area (Å²) in [5.74, 6) is -4.15. The van der Waals surface area contributed by atoms with Gasteiger partial charge in [-0.3, -0.25) is 0 Å². The third-order valence-electron chi connectivity index (χ3n) is 7.04. The topological polar surface area (TPSA) is 9.23 Å².